The number of nitrogens with zero attached hydrogens (tertiary/aromatic N) is 2. The molecule has 0 radical (unpaired) electrons. The van der Waals surface area contributed by atoms with Crippen molar-refractivity contribution in [3.8, 4) is 0 Å². The Labute approximate surface area is 143 Å². The Bertz CT molecular complexity index is 595. The van der Waals surface area contributed by atoms with Crippen molar-refractivity contribution in [2.75, 3.05) is 31.6 Å². The average Bonchev–Trinajstić information content (AvgIpc) is 2.65. The fraction of sp³-hybridized carbons (Fsp3) is 0.556. The van der Waals surface area contributed by atoms with E-state index in [4.69, 9.17) is 4.74 Å². The molecule has 6 nitrogen and oxygen atoms in total. The summed E-state index contributed by atoms with van der Waals surface area (Å²) < 4.78 is 5.16. The monoisotopic (exact) mass is 333 g/mol. The summed E-state index contributed by atoms with van der Waals surface area (Å²) in [5.41, 5.74) is 1.78. The molecule has 0 aliphatic carbocycles. The minimum absolute atomic E-state index is 0.0381. The molecule has 0 spiro atoms. The Hall–Kier alpha value is -2.24. The summed E-state index contributed by atoms with van der Waals surface area (Å²) in [6.07, 6.45) is -0.221. The molecule has 6 heteroatoms. The number of para-hydroxylation sites is 1. The van der Waals surface area contributed by atoms with Gasteiger partial charge in [0.15, 0.2) is 0 Å². The maximum atomic E-state index is 12.4. The molecule has 0 aromatic heterocycles. The van der Waals surface area contributed by atoms with E-state index >= 15 is 0 Å². The Kier molecular flexibility index (Phi) is 5.70. The lowest BCUT2D eigenvalue weighted by Crippen LogP contribution is -2.38. The molecule has 1 aliphatic rings. The molecular weight excluding hydrogens is 306 g/mol. The van der Waals surface area contributed by atoms with E-state index in [1.165, 1.54) is 5.69 Å². The third-order valence-electron chi connectivity index (χ3n) is 3.83. The average molecular weight is 333 g/mol. The number of rotatable bonds is 3. The molecule has 0 unspecified atom stereocenters. The van der Waals surface area contributed by atoms with Crippen molar-refractivity contribution in [1.29, 1.82) is 0 Å². The highest BCUT2D eigenvalue weighted by molar-refractivity contribution is 5.78. The van der Waals surface area contributed by atoms with Crippen LogP contribution in [0.5, 0.6) is 0 Å². The van der Waals surface area contributed by atoms with Crippen LogP contribution in [0.1, 0.15) is 32.8 Å². The molecule has 2 rings (SSSR count). The second-order valence-electron chi connectivity index (χ2n) is 7.04. The van der Waals surface area contributed by atoms with Gasteiger partial charge in [0.2, 0.25) is 5.91 Å². The number of nitrogens with one attached hydrogen (secondary N) is 1. The summed E-state index contributed by atoms with van der Waals surface area (Å²) in [6, 6.07) is 8.13. The first kappa shape index (κ1) is 18.1. The van der Waals surface area contributed by atoms with Crippen LogP contribution in [0.4, 0.5) is 10.5 Å². The smallest absolute Gasteiger partial charge is 0.407 e. The SMILES string of the molecule is CN1CCN(C(=O)CCNC(=O)OC(C)(C)C)Cc2ccccc21. The Balaban J connectivity index is 1.86. The van der Waals surface area contributed by atoms with E-state index in [1.807, 2.05) is 44.9 Å². The second kappa shape index (κ2) is 7.55. The number of ether oxygens (including phenoxy) is 1. The Morgan fingerprint density at radius 3 is 2.62 bits per heavy atom. The van der Waals surface area contributed by atoms with Crippen LogP contribution in [0.15, 0.2) is 24.3 Å². The number of carbonyl (C=O) groups excluding carboxylic acids is 2. The van der Waals surface area contributed by atoms with E-state index in [1.54, 1.807) is 0 Å². The molecule has 2 amide bonds. The van der Waals surface area contributed by atoms with Gasteiger partial charge in [-0.15, -0.1) is 0 Å². The topological polar surface area (TPSA) is 61.9 Å². The van der Waals surface area contributed by atoms with Crippen molar-refractivity contribution in [3.63, 3.8) is 0 Å². The summed E-state index contributed by atoms with van der Waals surface area (Å²) in [6.45, 7) is 7.78. The molecule has 0 fully saturated rings. The van der Waals surface area contributed by atoms with Crippen LogP contribution >= 0.6 is 0 Å². The highest BCUT2D eigenvalue weighted by Gasteiger charge is 2.21. The van der Waals surface area contributed by atoms with Gasteiger partial charge in [0, 0.05) is 45.3 Å². The van der Waals surface area contributed by atoms with Crippen molar-refractivity contribution in [3.05, 3.63) is 29.8 Å². The van der Waals surface area contributed by atoms with Gasteiger partial charge in [-0.2, -0.15) is 0 Å². The van der Waals surface area contributed by atoms with E-state index in [2.05, 4.69) is 22.3 Å². The number of alkyl carbamates (subject to hydrolysis) is 1. The third-order valence-corrected chi connectivity index (χ3v) is 3.83. The van der Waals surface area contributed by atoms with Gasteiger partial charge in [0.1, 0.15) is 5.60 Å². The molecule has 1 aromatic carbocycles. The van der Waals surface area contributed by atoms with Crippen LogP contribution in [0.2, 0.25) is 0 Å². The number of anilines is 1. The first-order chi connectivity index (χ1) is 11.3. The molecule has 24 heavy (non-hydrogen) atoms. The maximum Gasteiger partial charge on any atom is 0.407 e. The van der Waals surface area contributed by atoms with Gasteiger partial charge in [0.25, 0.3) is 0 Å². The lowest BCUT2D eigenvalue weighted by atomic mass is 10.1. The molecule has 0 saturated carbocycles. The quantitative estimate of drug-likeness (QED) is 0.922. The predicted octanol–water partition coefficient (Wildman–Crippen LogP) is 2.38. The number of likely N-dealkylation sites (N-methyl/N-ethyl adjacent to an activating group) is 1. The first-order valence-corrected chi connectivity index (χ1v) is 8.30. The van der Waals surface area contributed by atoms with Crippen LogP contribution in [-0.4, -0.2) is 49.2 Å². The van der Waals surface area contributed by atoms with E-state index in [-0.39, 0.29) is 18.9 Å². The zero-order chi connectivity index (χ0) is 17.7. The van der Waals surface area contributed by atoms with Crippen LogP contribution < -0.4 is 10.2 Å². The summed E-state index contributed by atoms with van der Waals surface area (Å²) in [7, 11) is 2.04. The predicted molar refractivity (Wildman–Crippen MR) is 94.0 cm³/mol. The lowest BCUT2D eigenvalue weighted by molar-refractivity contribution is -0.131. The van der Waals surface area contributed by atoms with Crippen molar-refractivity contribution in [1.82, 2.24) is 10.2 Å². The summed E-state index contributed by atoms with van der Waals surface area (Å²) >= 11 is 0. The number of amides is 2. The fourth-order valence-electron chi connectivity index (χ4n) is 2.65. The molecular formula is C18H27N3O3. The molecule has 132 valence electrons. The molecule has 1 heterocycles. The van der Waals surface area contributed by atoms with Gasteiger partial charge in [-0.25, -0.2) is 4.79 Å². The van der Waals surface area contributed by atoms with Crippen molar-refractivity contribution in [2.24, 2.45) is 0 Å². The Morgan fingerprint density at radius 1 is 1.21 bits per heavy atom. The van der Waals surface area contributed by atoms with Crippen molar-refractivity contribution < 1.29 is 14.3 Å². The minimum Gasteiger partial charge on any atom is -0.444 e. The molecule has 0 saturated heterocycles. The lowest BCUT2D eigenvalue weighted by Gasteiger charge is -2.22. The van der Waals surface area contributed by atoms with Crippen molar-refractivity contribution in [2.45, 2.75) is 39.3 Å². The van der Waals surface area contributed by atoms with Gasteiger partial charge in [-0.1, -0.05) is 18.2 Å². The molecule has 0 atom stereocenters. The molecule has 1 aromatic rings. The number of carbonyl (C=O) groups is 2. The molecule has 0 bridgehead atoms. The number of fused-ring (bicyclic) bond motifs is 1. The largest absolute Gasteiger partial charge is 0.444 e. The highest BCUT2D eigenvalue weighted by atomic mass is 16.6. The molecule has 1 aliphatic heterocycles. The normalized spacial score (nSPS) is 14.7. The first-order valence-electron chi connectivity index (χ1n) is 8.30. The van der Waals surface area contributed by atoms with E-state index in [0.717, 1.165) is 12.1 Å². The number of hydrogen-bond acceptors (Lipinski definition) is 4. The van der Waals surface area contributed by atoms with Gasteiger partial charge in [0.05, 0.1) is 0 Å². The minimum atomic E-state index is -0.535. The van der Waals surface area contributed by atoms with Gasteiger partial charge < -0.3 is 19.9 Å². The summed E-state index contributed by atoms with van der Waals surface area (Å²) in [5.74, 6) is 0.0381. The van der Waals surface area contributed by atoms with Gasteiger partial charge >= 0.3 is 6.09 Å². The fourth-order valence-corrected chi connectivity index (χ4v) is 2.65. The van der Waals surface area contributed by atoms with Crippen LogP contribution in [0, 0.1) is 0 Å². The molecule has 1 N–H and O–H groups in total. The van der Waals surface area contributed by atoms with Crippen molar-refractivity contribution >= 4 is 17.7 Å². The standard InChI is InChI=1S/C18H27N3O3/c1-18(2,3)24-17(23)19-10-9-16(22)21-12-11-20(4)15-8-6-5-7-14(15)13-21/h5-8H,9-13H2,1-4H3,(H,19,23). The van der Waals surface area contributed by atoms with E-state index in [9.17, 15) is 9.59 Å². The summed E-state index contributed by atoms with van der Waals surface area (Å²) in [4.78, 5) is 28.1. The zero-order valence-corrected chi connectivity index (χ0v) is 15.0. The van der Waals surface area contributed by atoms with E-state index in [0.29, 0.717) is 13.1 Å². The van der Waals surface area contributed by atoms with Crippen LogP contribution in [0.25, 0.3) is 0 Å². The maximum absolute atomic E-state index is 12.4. The van der Waals surface area contributed by atoms with Crippen LogP contribution in [-0.2, 0) is 16.1 Å². The van der Waals surface area contributed by atoms with Gasteiger partial charge in [-0.3, -0.25) is 4.79 Å². The summed E-state index contributed by atoms with van der Waals surface area (Å²) in [5, 5.41) is 2.63. The second-order valence-corrected chi connectivity index (χ2v) is 7.04. The van der Waals surface area contributed by atoms with Crippen LogP contribution in [0.3, 0.4) is 0 Å². The highest BCUT2D eigenvalue weighted by Crippen LogP contribution is 2.23. The zero-order valence-electron chi connectivity index (χ0n) is 15.0. The van der Waals surface area contributed by atoms with E-state index < -0.39 is 11.7 Å². The number of benzene rings is 1. The Morgan fingerprint density at radius 2 is 1.92 bits per heavy atom. The third kappa shape index (κ3) is 5.15. The van der Waals surface area contributed by atoms with Gasteiger partial charge in [-0.05, 0) is 32.4 Å². The number of hydrogen-bond donors (Lipinski definition) is 1.